The van der Waals surface area contributed by atoms with Crippen molar-refractivity contribution in [1.29, 1.82) is 0 Å². The second kappa shape index (κ2) is 12.4. The number of carbonyl (C=O) groups is 3. The van der Waals surface area contributed by atoms with Gasteiger partial charge in [0.15, 0.2) is 7.47 Å². The molecule has 168 valence electrons. The zero-order valence-electron chi connectivity index (χ0n) is 16.7. The van der Waals surface area contributed by atoms with Crippen molar-refractivity contribution in [2.24, 2.45) is 11.3 Å². The average Bonchev–Trinajstić information content (AvgIpc) is 2.68. The molecule has 0 bridgehead atoms. The maximum absolute atomic E-state index is 13.3. The van der Waals surface area contributed by atoms with Crippen LogP contribution in [0.25, 0.3) is 0 Å². The lowest BCUT2D eigenvalue weighted by molar-refractivity contribution is -0.665. The van der Waals surface area contributed by atoms with Crippen molar-refractivity contribution in [2.75, 3.05) is 26.3 Å². The van der Waals surface area contributed by atoms with E-state index in [0.717, 1.165) is 25.9 Å². The van der Waals surface area contributed by atoms with Gasteiger partial charge in [0.25, 0.3) is 0 Å². The first-order valence-corrected chi connectivity index (χ1v) is 13.1. The summed E-state index contributed by atoms with van der Waals surface area (Å²) in [6.45, 7) is 7.05. The third-order valence-corrected chi connectivity index (χ3v) is 6.72. The van der Waals surface area contributed by atoms with Crippen LogP contribution in [0.4, 0.5) is 0 Å². The number of ether oxygens (including phenoxy) is 3. The predicted octanol–water partition coefficient (Wildman–Crippen LogP) is 3.00. The molecular weight excluding hydrogens is 646 g/mol. The van der Waals surface area contributed by atoms with E-state index >= 15 is 0 Å². The number of hydrogen-bond acceptors (Lipinski definition) is 6. The van der Waals surface area contributed by atoms with Crippen molar-refractivity contribution >= 4 is 81.6 Å². The molecule has 0 aromatic rings. The van der Waals surface area contributed by atoms with Gasteiger partial charge in [0.1, 0.15) is 24.2 Å². The summed E-state index contributed by atoms with van der Waals surface area (Å²) in [6, 6.07) is 0. The molecule has 1 saturated heterocycles. The summed E-state index contributed by atoms with van der Waals surface area (Å²) in [7, 11) is 0. The summed E-state index contributed by atoms with van der Waals surface area (Å²) < 4.78 is 15.1. The summed E-state index contributed by atoms with van der Waals surface area (Å²) in [5.41, 5.74) is -1.98. The number of esters is 3. The molecule has 0 saturated carbocycles. The van der Waals surface area contributed by atoms with Gasteiger partial charge in [0, 0.05) is 18.8 Å². The van der Waals surface area contributed by atoms with Crippen LogP contribution in [0, 0.1) is 11.3 Å². The van der Waals surface area contributed by atoms with E-state index in [-0.39, 0.29) is 25.6 Å². The maximum Gasteiger partial charge on any atom is 0.330 e. The van der Waals surface area contributed by atoms with Gasteiger partial charge < -0.3 is 19.5 Å². The van der Waals surface area contributed by atoms with Crippen LogP contribution in [-0.2, 0) is 28.6 Å². The first kappa shape index (κ1) is 27.3. The number of nitrogens with two attached hydrogens (primary N) is 1. The maximum atomic E-state index is 13.3. The number of carbonyl (C=O) groups excluding carboxylic acids is 3. The normalized spacial score (nSPS) is 16.0. The second-order valence-electron chi connectivity index (χ2n) is 7.58. The molecule has 2 N–H and O–H groups in total. The fourth-order valence-electron chi connectivity index (χ4n) is 3.10. The van der Waals surface area contributed by atoms with Crippen molar-refractivity contribution in [1.82, 2.24) is 0 Å². The summed E-state index contributed by atoms with van der Waals surface area (Å²) >= 11 is 12.3. The molecule has 1 rings (SSSR count). The van der Waals surface area contributed by atoms with Crippen LogP contribution < -0.4 is 5.32 Å². The molecule has 0 amide bonds. The standard InChI is InChI=1S/C18H27Br4NO6/c1-4-18(9-27-14(24)12(19)20,10-28-15(25)13(21)22)16(26)29-17(2,3)11-5-7-23-8-6-11/h11-13,23H,4-10H2,1-3H3/p+1. The largest absolute Gasteiger partial charge is 0.463 e. The van der Waals surface area contributed by atoms with Crippen LogP contribution in [0.1, 0.15) is 40.0 Å². The van der Waals surface area contributed by atoms with Crippen molar-refractivity contribution in [3.8, 4) is 0 Å². The number of quaternary nitrogens is 1. The molecule has 1 aliphatic rings. The Hall–Kier alpha value is 0.290. The van der Waals surface area contributed by atoms with Gasteiger partial charge in [-0.3, -0.25) is 4.79 Å². The summed E-state index contributed by atoms with van der Waals surface area (Å²) in [6.07, 6.45) is 2.17. The number of piperidine rings is 1. The van der Waals surface area contributed by atoms with Gasteiger partial charge in [-0.1, -0.05) is 70.6 Å². The Morgan fingerprint density at radius 3 is 1.79 bits per heavy atom. The van der Waals surface area contributed by atoms with E-state index < -0.39 is 36.4 Å². The fraction of sp³-hybridized carbons (Fsp3) is 0.833. The predicted molar refractivity (Wildman–Crippen MR) is 122 cm³/mol. The SMILES string of the molecule is CCC(COC(=O)C(Br)Br)(COC(=O)C(Br)Br)C(=O)OC(C)(C)C1CC[NH2+]CC1. The van der Waals surface area contributed by atoms with Gasteiger partial charge in [-0.2, -0.15) is 0 Å². The zero-order valence-corrected chi connectivity index (χ0v) is 23.1. The summed E-state index contributed by atoms with van der Waals surface area (Å²) in [4.78, 5) is 37.1. The minimum absolute atomic E-state index is 0.236. The number of rotatable bonds is 10. The minimum atomic E-state index is -1.30. The molecule has 1 fully saturated rings. The molecule has 0 spiro atoms. The average molecular weight is 674 g/mol. The van der Waals surface area contributed by atoms with Gasteiger partial charge in [-0.25, -0.2) is 9.59 Å². The Labute approximate surface area is 205 Å². The van der Waals surface area contributed by atoms with E-state index in [9.17, 15) is 14.4 Å². The van der Waals surface area contributed by atoms with Crippen LogP contribution in [0.3, 0.4) is 0 Å². The summed E-state index contributed by atoms with van der Waals surface area (Å²) in [5.74, 6) is -1.47. The number of halogens is 4. The van der Waals surface area contributed by atoms with Crippen molar-refractivity contribution in [2.45, 2.75) is 53.1 Å². The van der Waals surface area contributed by atoms with Crippen LogP contribution in [0.2, 0.25) is 0 Å². The lowest BCUT2D eigenvalue weighted by atomic mass is 9.82. The number of hydrogen-bond donors (Lipinski definition) is 1. The molecular formula is C18H28Br4NO6+. The van der Waals surface area contributed by atoms with E-state index in [0.29, 0.717) is 0 Å². The van der Waals surface area contributed by atoms with Crippen molar-refractivity contribution in [3.05, 3.63) is 0 Å². The molecule has 29 heavy (non-hydrogen) atoms. The van der Waals surface area contributed by atoms with Crippen molar-refractivity contribution in [3.63, 3.8) is 0 Å². The Kier molecular flexibility index (Phi) is 11.6. The Morgan fingerprint density at radius 2 is 1.41 bits per heavy atom. The highest BCUT2D eigenvalue weighted by molar-refractivity contribution is 9.25. The molecule has 0 radical (unpaired) electrons. The van der Waals surface area contributed by atoms with Crippen LogP contribution >= 0.6 is 63.7 Å². The fourth-order valence-corrected chi connectivity index (χ4v) is 3.63. The number of alkyl halides is 4. The molecule has 0 aromatic heterocycles. The van der Waals surface area contributed by atoms with Crippen LogP contribution in [0.15, 0.2) is 0 Å². The van der Waals surface area contributed by atoms with E-state index in [1.54, 1.807) is 6.92 Å². The molecule has 0 aliphatic carbocycles. The zero-order chi connectivity index (χ0) is 22.2. The van der Waals surface area contributed by atoms with Gasteiger partial charge in [0.2, 0.25) is 0 Å². The van der Waals surface area contributed by atoms with E-state index in [1.807, 2.05) is 13.8 Å². The first-order chi connectivity index (χ1) is 13.4. The first-order valence-electron chi connectivity index (χ1n) is 9.40. The molecule has 1 aliphatic heterocycles. The highest BCUT2D eigenvalue weighted by Crippen LogP contribution is 2.34. The molecule has 1 heterocycles. The third kappa shape index (κ3) is 8.38. The van der Waals surface area contributed by atoms with E-state index in [2.05, 4.69) is 69.0 Å². The minimum Gasteiger partial charge on any atom is -0.463 e. The molecule has 11 heteroatoms. The highest BCUT2D eigenvalue weighted by atomic mass is 79.9. The van der Waals surface area contributed by atoms with Gasteiger partial charge in [-0.05, 0) is 20.3 Å². The van der Waals surface area contributed by atoms with Crippen LogP contribution in [0.5, 0.6) is 0 Å². The smallest absolute Gasteiger partial charge is 0.330 e. The highest BCUT2D eigenvalue weighted by Gasteiger charge is 2.46. The topological polar surface area (TPSA) is 95.5 Å². The van der Waals surface area contributed by atoms with E-state index in [1.165, 1.54) is 0 Å². The molecule has 0 atom stereocenters. The van der Waals surface area contributed by atoms with Gasteiger partial charge in [0.05, 0.1) is 13.1 Å². The van der Waals surface area contributed by atoms with Crippen LogP contribution in [-0.4, -0.2) is 57.3 Å². The third-order valence-electron chi connectivity index (χ3n) is 5.22. The Balaban J connectivity index is 3.00. The lowest BCUT2D eigenvalue weighted by Crippen LogP contribution is -2.86. The molecule has 7 nitrogen and oxygen atoms in total. The van der Waals surface area contributed by atoms with E-state index in [4.69, 9.17) is 14.2 Å². The Morgan fingerprint density at radius 1 is 0.966 bits per heavy atom. The van der Waals surface area contributed by atoms with Gasteiger partial charge in [-0.15, -0.1) is 0 Å². The summed E-state index contributed by atoms with van der Waals surface area (Å²) in [5, 5.41) is 2.25. The monoisotopic (exact) mass is 670 g/mol. The quantitative estimate of drug-likeness (QED) is 0.218. The molecule has 0 aromatic carbocycles. The molecule has 0 unspecified atom stereocenters. The van der Waals surface area contributed by atoms with Crippen molar-refractivity contribution < 1.29 is 33.9 Å². The second-order valence-corrected chi connectivity index (χ2v) is 13.7. The Bertz CT molecular complexity index is 555. The van der Waals surface area contributed by atoms with Gasteiger partial charge >= 0.3 is 17.9 Å². The lowest BCUT2D eigenvalue weighted by Gasteiger charge is -2.39.